The van der Waals surface area contributed by atoms with E-state index in [1.807, 2.05) is 0 Å². The Bertz CT molecular complexity index is 682. The smallest absolute Gasteiger partial charge is 0.423 e. The number of anilines is 1. The quantitative estimate of drug-likeness (QED) is 0.382. The molecule has 108 valence electrons. The van der Waals surface area contributed by atoms with Crippen LogP contribution in [0.4, 0.5) is 24.5 Å². The fourth-order valence-corrected chi connectivity index (χ4v) is 1.31. The van der Waals surface area contributed by atoms with Crippen molar-refractivity contribution in [3.05, 3.63) is 39.6 Å². The van der Waals surface area contributed by atoms with Gasteiger partial charge in [-0.3, -0.25) is 10.1 Å². The van der Waals surface area contributed by atoms with Crippen LogP contribution in [-0.2, 0) is 6.18 Å². The van der Waals surface area contributed by atoms with Crippen molar-refractivity contribution in [3.63, 3.8) is 0 Å². The number of halogens is 3. The molecule has 0 saturated carbocycles. The van der Waals surface area contributed by atoms with Gasteiger partial charge in [0.25, 0.3) is 5.69 Å². The normalized spacial score (nSPS) is 10.1. The van der Waals surface area contributed by atoms with Gasteiger partial charge in [0.05, 0.1) is 16.7 Å². The molecule has 0 aliphatic heterocycles. The van der Waals surface area contributed by atoms with Crippen molar-refractivity contribution >= 4 is 11.4 Å². The van der Waals surface area contributed by atoms with Gasteiger partial charge in [0.2, 0.25) is 0 Å². The van der Waals surface area contributed by atoms with Crippen molar-refractivity contribution in [1.82, 2.24) is 0 Å². The Morgan fingerprint density at radius 3 is 2.38 bits per heavy atom. The predicted octanol–water partition coefficient (Wildman–Crippen LogP) is 2.66. The fourth-order valence-electron chi connectivity index (χ4n) is 1.31. The summed E-state index contributed by atoms with van der Waals surface area (Å²) in [6.45, 7) is 0. The Morgan fingerprint density at radius 2 is 1.95 bits per heavy atom. The second-order valence-electron chi connectivity index (χ2n) is 3.57. The van der Waals surface area contributed by atoms with Crippen LogP contribution in [0.1, 0.15) is 5.56 Å². The number of rotatable bonds is 3. The summed E-state index contributed by atoms with van der Waals surface area (Å²) < 4.78 is 38.2. The van der Waals surface area contributed by atoms with E-state index in [2.05, 4.69) is 5.32 Å². The number of hydrogen-bond donors (Lipinski definition) is 2. The van der Waals surface area contributed by atoms with Crippen LogP contribution in [0.3, 0.4) is 0 Å². The maximum atomic E-state index is 12.7. The lowest BCUT2D eigenvalue weighted by Crippen LogP contribution is -2.09. The molecule has 0 amide bonds. The van der Waals surface area contributed by atoms with E-state index < -0.39 is 39.4 Å². The third kappa shape index (κ3) is 3.61. The highest BCUT2D eigenvalue weighted by Gasteiger charge is 2.39. The summed E-state index contributed by atoms with van der Waals surface area (Å²) in [5.74, 6) is -0.832. The van der Waals surface area contributed by atoms with Gasteiger partial charge < -0.3 is 10.4 Å². The predicted molar refractivity (Wildman–Crippen MR) is 62.7 cm³/mol. The third-order valence-corrected chi connectivity index (χ3v) is 2.23. The topological polar surface area (TPSA) is 123 Å². The molecule has 0 bridgehead atoms. The number of hydrogen-bond acceptors (Lipinski definition) is 6. The number of phenols is 1. The average Bonchev–Trinajstić information content (AvgIpc) is 2.39. The molecule has 0 unspecified atom stereocenters. The summed E-state index contributed by atoms with van der Waals surface area (Å²) in [5.41, 5.74) is -3.87. The summed E-state index contributed by atoms with van der Waals surface area (Å²) in [6, 6.07) is 3.53. The van der Waals surface area contributed by atoms with Crippen LogP contribution < -0.4 is 5.32 Å². The van der Waals surface area contributed by atoms with Crippen molar-refractivity contribution < 1.29 is 23.2 Å². The Labute approximate surface area is 115 Å². The fraction of sp³-hybridized carbons (Fsp3) is 0.0909. The number of nitro groups is 1. The number of nitrogens with zero attached hydrogens (tertiary/aromatic N) is 3. The number of nitro benzene ring substituents is 1. The first-order valence-corrected chi connectivity index (χ1v) is 5.06. The summed E-state index contributed by atoms with van der Waals surface area (Å²) in [4.78, 5) is 9.29. The second kappa shape index (κ2) is 5.79. The third-order valence-electron chi connectivity index (χ3n) is 2.23. The largest absolute Gasteiger partial charge is 0.506 e. The maximum absolute atomic E-state index is 12.7. The highest BCUT2D eigenvalue weighted by molar-refractivity contribution is 5.65. The molecule has 1 aromatic rings. The number of alkyl halides is 3. The van der Waals surface area contributed by atoms with Crippen LogP contribution >= 0.6 is 0 Å². The Hall–Kier alpha value is -3.27. The molecule has 0 saturated heterocycles. The van der Waals surface area contributed by atoms with Crippen molar-refractivity contribution in [1.29, 1.82) is 10.5 Å². The number of nitrogens with one attached hydrogen (secondary N) is 1. The molecule has 2 N–H and O–H groups in total. The van der Waals surface area contributed by atoms with Gasteiger partial charge in [0.15, 0.2) is 0 Å². The molecule has 0 spiro atoms. The van der Waals surface area contributed by atoms with Gasteiger partial charge in [0.1, 0.15) is 29.0 Å². The average molecular weight is 298 g/mol. The molecular formula is C11H5F3N4O3. The summed E-state index contributed by atoms with van der Waals surface area (Å²) in [5, 5.41) is 39.1. The molecule has 0 fully saturated rings. The zero-order chi connectivity index (χ0) is 16.2. The molecule has 0 atom stereocenters. The minimum atomic E-state index is -5.01. The molecule has 1 aromatic carbocycles. The first-order valence-electron chi connectivity index (χ1n) is 5.06. The molecule has 0 aliphatic rings. The molecule has 0 aliphatic carbocycles. The highest BCUT2D eigenvalue weighted by atomic mass is 19.4. The summed E-state index contributed by atoms with van der Waals surface area (Å²) in [7, 11) is 0. The van der Waals surface area contributed by atoms with E-state index in [9.17, 15) is 28.4 Å². The Morgan fingerprint density at radius 1 is 1.38 bits per heavy atom. The standard InChI is InChI=1S/C11H5F3N4O3/c12-11(13,14)7-1-8(17-5-6(3-15)4-16)10(19)2-9(7)18(20)21/h1-2,5,17,19H. The van der Waals surface area contributed by atoms with Crippen LogP contribution in [0.25, 0.3) is 0 Å². The van der Waals surface area contributed by atoms with Crippen molar-refractivity contribution in [2.45, 2.75) is 6.18 Å². The second-order valence-corrected chi connectivity index (χ2v) is 3.57. The molecule has 0 heterocycles. The maximum Gasteiger partial charge on any atom is 0.423 e. The van der Waals surface area contributed by atoms with Crippen LogP contribution in [0.5, 0.6) is 5.75 Å². The zero-order valence-corrected chi connectivity index (χ0v) is 9.97. The van der Waals surface area contributed by atoms with Crippen LogP contribution in [0, 0.1) is 32.8 Å². The first kappa shape index (κ1) is 15.8. The van der Waals surface area contributed by atoms with Gasteiger partial charge in [-0.15, -0.1) is 0 Å². The van der Waals surface area contributed by atoms with Crippen molar-refractivity contribution in [2.24, 2.45) is 0 Å². The van der Waals surface area contributed by atoms with Crippen LogP contribution in [-0.4, -0.2) is 10.0 Å². The summed E-state index contributed by atoms with van der Waals surface area (Å²) in [6.07, 6.45) is -4.25. The molecular weight excluding hydrogens is 293 g/mol. The minimum absolute atomic E-state index is 0.316. The van der Waals surface area contributed by atoms with E-state index in [0.717, 1.165) is 6.20 Å². The number of nitriles is 2. The van der Waals surface area contributed by atoms with E-state index >= 15 is 0 Å². The molecule has 0 aromatic heterocycles. The lowest BCUT2D eigenvalue weighted by atomic mass is 10.1. The number of phenolic OH excluding ortho intramolecular Hbond substituents is 1. The first-order chi connectivity index (χ1) is 9.70. The highest BCUT2D eigenvalue weighted by Crippen LogP contribution is 2.41. The van der Waals surface area contributed by atoms with Gasteiger partial charge >= 0.3 is 6.18 Å². The van der Waals surface area contributed by atoms with E-state index in [1.54, 1.807) is 0 Å². The molecule has 1 rings (SSSR count). The Kier molecular flexibility index (Phi) is 4.36. The van der Waals surface area contributed by atoms with Crippen molar-refractivity contribution in [3.8, 4) is 17.9 Å². The lowest BCUT2D eigenvalue weighted by molar-refractivity contribution is -0.388. The van der Waals surface area contributed by atoms with E-state index in [0.29, 0.717) is 12.1 Å². The molecule has 7 nitrogen and oxygen atoms in total. The van der Waals surface area contributed by atoms with Gasteiger partial charge in [0, 0.05) is 6.20 Å². The number of benzene rings is 1. The number of allylic oxidation sites excluding steroid dienone is 1. The van der Waals surface area contributed by atoms with Crippen molar-refractivity contribution in [2.75, 3.05) is 5.32 Å². The van der Waals surface area contributed by atoms with Crippen LogP contribution in [0.15, 0.2) is 23.9 Å². The van der Waals surface area contributed by atoms with Gasteiger partial charge in [-0.25, -0.2) is 0 Å². The minimum Gasteiger partial charge on any atom is -0.506 e. The van der Waals surface area contributed by atoms with Crippen LogP contribution in [0.2, 0.25) is 0 Å². The SMILES string of the molecule is N#CC(C#N)=CNc1cc(C(F)(F)F)c([N+](=O)[O-])cc1O. The monoisotopic (exact) mass is 298 g/mol. The van der Waals surface area contributed by atoms with E-state index in [-0.39, 0.29) is 0 Å². The van der Waals surface area contributed by atoms with Gasteiger partial charge in [-0.2, -0.15) is 23.7 Å². The zero-order valence-electron chi connectivity index (χ0n) is 9.97. The molecule has 10 heteroatoms. The van der Waals surface area contributed by atoms with Gasteiger partial charge in [-0.1, -0.05) is 0 Å². The number of aromatic hydroxyl groups is 1. The molecule has 21 heavy (non-hydrogen) atoms. The Balaban J connectivity index is 3.38. The lowest BCUT2D eigenvalue weighted by Gasteiger charge is -2.11. The van der Waals surface area contributed by atoms with E-state index in [1.165, 1.54) is 12.1 Å². The van der Waals surface area contributed by atoms with Gasteiger partial charge in [-0.05, 0) is 6.07 Å². The van der Waals surface area contributed by atoms with E-state index in [4.69, 9.17) is 10.5 Å². The summed E-state index contributed by atoms with van der Waals surface area (Å²) >= 11 is 0. The molecule has 0 radical (unpaired) electrons.